The molecule has 1 amide bonds. The SMILES string of the molecule is CCCC(c1ccc(C(=O)NCCC(=O)O)cc1)n1ccc2cc(-c3ccc(C(F)(F)F)cc3Cl)ccc21. The van der Waals surface area contributed by atoms with E-state index in [1.165, 1.54) is 6.07 Å². The van der Waals surface area contributed by atoms with Crippen molar-refractivity contribution in [1.29, 1.82) is 0 Å². The number of hydrogen-bond donors (Lipinski definition) is 2. The summed E-state index contributed by atoms with van der Waals surface area (Å²) < 4.78 is 41.2. The highest BCUT2D eigenvalue weighted by molar-refractivity contribution is 6.33. The van der Waals surface area contributed by atoms with Gasteiger partial charge in [-0.05, 0) is 60.0 Å². The Morgan fingerprint density at radius 1 is 1.03 bits per heavy atom. The number of nitrogens with one attached hydrogen (secondary N) is 1. The van der Waals surface area contributed by atoms with E-state index in [9.17, 15) is 22.8 Å². The summed E-state index contributed by atoms with van der Waals surface area (Å²) in [6.07, 6.45) is -0.854. The lowest BCUT2D eigenvalue weighted by atomic mass is 9.99. The van der Waals surface area contributed by atoms with E-state index in [1.54, 1.807) is 12.1 Å². The number of aromatic nitrogens is 1. The predicted octanol–water partition coefficient (Wildman–Crippen LogP) is 7.57. The fourth-order valence-electron chi connectivity index (χ4n) is 4.51. The molecule has 0 saturated heterocycles. The molecule has 3 aromatic carbocycles. The molecule has 0 bridgehead atoms. The molecule has 5 nitrogen and oxygen atoms in total. The number of halogens is 4. The molecule has 0 aliphatic rings. The molecular formula is C29H26ClF3N2O3. The van der Waals surface area contributed by atoms with Gasteiger partial charge in [0.05, 0.1) is 18.0 Å². The lowest BCUT2D eigenvalue weighted by molar-refractivity contribution is -0.138. The number of rotatable bonds is 9. The number of carbonyl (C=O) groups excluding carboxylic acids is 1. The number of amides is 1. The topological polar surface area (TPSA) is 71.3 Å². The van der Waals surface area contributed by atoms with Crippen LogP contribution >= 0.6 is 11.6 Å². The first kappa shape index (κ1) is 27.3. The second-order valence-electron chi connectivity index (χ2n) is 9.02. The Hall–Kier alpha value is -3.78. The fraction of sp³-hybridized carbons (Fsp3) is 0.241. The predicted molar refractivity (Wildman–Crippen MR) is 141 cm³/mol. The number of carbonyl (C=O) groups is 2. The minimum atomic E-state index is -4.46. The molecule has 4 aromatic rings. The molecule has 198 valence electrons. The van der Waals surface area contributed by atoms with Gasteiger partial charge in [0, 0.05) is 39.8 Å². The van der Waals surface area contributed by atoms with Gasteiger partial charge in [-0.15, -0.1) is 0 Å². The molecule has 1 heterocycles. The third-order valence-electron chi connectivity index (χ3n) is 6.41. The van der Waals surface area contributed by atoms with Crippen LogP contribution in [0.3, 0.4) is 0 Å². The van der Waals surface area contributed by atoms with Gasteiger partial charge < -0.3 is 15.0 Å². The van der Waals surface area contributed by atoms with Crippen LogP contribution in [0.5, 0.6) is 0 Å². The largest absolute Gasteiger partial charge is 0.481 e. The summed E-state index contributed by atoms with van der Waals surface area (Å²) in [5.74, 6) is -1.30. The Kier molecular flexibility index (Phi) is 8.11. The Morgan fingerprint density at radius 3 is 2.39 bits per heavy atom. The van der Waals surface area contributed by atoms with Gasteiger partial charge >= 0.3 is 12.1 Å². The van der Waals surface area contributed by atoms with Crippen molar-refractivity contribution >= 4 is 34.4 Å². The molecule has 38 heavy (non-hydrogen) atoms. The summed E-state index contributed by atoms with van der Waals surface area (Å²) >= 11 is 6.22. The van der Waals surface area contributed by atoms with Crippen molar-refractivity contribution in [2.24, 2.45) is 0 Å². The number of benzene rings is 3. The van der Waals surface area contributed by atoms with Crippen LogP contribution in [0.15, 0.2) is 72.9 Å². The van der Waals surface area contributed by atoms with Crippen LogP contribution in [0.4, 0.5) is 13.2 Å². The molecular weight excluding hydrogens is 517 g/mol. The number of fused-ring (bicyclic) bond motifs is 1. The molecule has 1 aromatic heterocycles. The van der Waals surface area contributed by atoms with Crippen molar-refractivity contribution in [3.63, 3.8) is 0 Å². The Labute approximate surface area is 222 Å². The van der Waals surface area contributed by atoms with Crippen molar-refractivity contribution in [3.8, 4) is 11.1 Å². The lowest BCUT2D eigenvalue weighted by Gasteiger charge is -2.21. The summed E-state index contributed by atoms with van der Waals surface area (Å²) in [5.41, 5.74) is 2.89. The molecule has 2 N–H and O–H groups in total. The van der Waals surface area contributed by atoms with Crippen LogP contribution in [-0.2, 0) is 11.0 Å². The number of carboxylic acids is 1. The quantitative estimate of drug-likeness (QED) is 0.229. The van der Waals surface area contributed by atoms with Gasteiger partial charge in [-0.1, -0.05) is 49.2 Å². The van der Waals surface area contributed by atoms with E-state index in [2.05, 4.69) is 16.8 Å². The third kappa shape index (κ3) is 6.02. The van der Waals surface area contributed by atoms with E-state index in [0.717, 1.165) is 47.0 Å². The molecule has 4 rings (SSSR count). The molecule has 0 fully saturated rings. The molecule has 9 heteroatoms. The highest BCUT2D eigenvalue weighted by atomic mass is 35.5. The first-order chi connectivity index (χ1) is 18.1. The minimum Gasteiger partial charge on any atom is -0.481 e. The average molecular weight is 543 g/mol. The van der Waals surface area contributed by atoms with E-state index in [-0.39, 0.29) is 29.9 Å². The van der Waals surface area contributed by atoms with Gasteiger partial charge in [0.15, 0.2) is 0 Å². The fourth-order valence-corrected chi connectivity index (χ4v) is 4.80. The molecule has 1 unspecified atom stereocenters. The van der Waals surface area contributed by atoms with Crippen LogP contribution in [0, 0.1) is 0 Å². The van der Waals surface area contributed by atoms with E-state index in [1.807, 2.05) is 42.6 Å². The van der Waals surface area contributed by atoms with Gasteiger partial charge in [-0.25, -0.2) is 0 Å². The highest BCUT2D eigenvalue weighted by Crippen LogP contribution is 2.37. The molecule has 0 aliphatic carbocycles. The number of hydrogen-bond acceptors (Lipinski definition) is 2. The van der Waals surface area contributed by atoms with Crippen LogP contribution in [0.25, 0.3) is 22.0 Å². The zero-order valence-corrected chi connectivity index (χ0v) is 21.3. The monoisotopic (exact) mass is 542 g/mol. The summed E-state index contributed by atoms with van der Waals surface area (Å²) in [7, 11) is 0. The highest BCUT2D eigenvalue weighted by Gasteiger charge is 2.31. The van der Waals surface area contributed by atoms with E-state index in [4.69, 9.17) is 16.7 Å². The number of aliphatic carboxylic acids is 1. The standard InChI is InChI=1S/C29H26ClF3N2O3/c1-2-3-25(18-4-6-19(7-5-18)28(38)34-14-12-27(36)37)35-15-13-21-16-20(8-11-26(21)35)23-10-9-22(17-24(23)30)29(31,32)33/h4-11,13,15-17,25H,2-3,12,14H2,1H3,(H,34,38)(H,36,37). The number of nitrogens with zero attached hydrogens (tertiary/aromatic N) is 1. The summed E-state index contributed by atoms with van der Waals surface area (Å²) in [6.45, 7) is 2.15. The van der Waals surface area contributed by atoms with Crippen molar-refractivity contribution in [3.05, 3.63) is 94.6 Å². The first-order valence-electron chi connectivity index (χ1n) is 12.2. The summed E-state index contributed by atoms with van der Waals surface area (Å²) in [4.78, 5) is 23.0. The average Bonchev–Trinajstić information content (AvgIpc) is 3.29. The Balaban J connectivity index is 1.60. The lowest BCUT2D eigenvalue weighted by Crippen LogP contribution is -2.26. The second kappa shape index (κ2) is 11.3. The maximum absolute atomic E-state index is 13.0. The molecule has 0 aliphatic heterocycles. The van der Waals surface area contributed by atoms with Crippen molar-refractivity contribution in [2.75, 3.05) is 6.54 Å². The molecule has 1 atom stereocenters. The Bertz CT molecular complexity index is 1460. The van der Waals surface area contributed by atoms with Gasteiger partial charge in [0.1, 0.15) is 0 Å². The maximum atomic E-state index is 13.0. The van der Waals surface area contributed by atoms with E-state index >= 15 is 0 Å². The van der Waals surface area contributed by atoms with Crippen LogP contribution in [0.2, 0.25) is 5.02 Å². The number of alkyl halides is 3. The van der Waals surface area contributed by atoms with Gasteiger partial charge in [-0.3, -0.25) is 9.59 Å². The number of carboxylic acid groups (broad SMARTS) is 1. The normalized spacial score (nSPS) is 12.4. The third-order valence-corrected chi connectivity index (χ3v) is 6.72. The minimum absolute atomic E-state index is 0.00197. The summed E-state index contributed by atoms with van der Waals surface area (Å²) in [6, 6.07) is 18.3. The van der Waals surface area contributed by atoms with Crippen LogP contribution < -0.4 is 5.32 Å². The van der Waals surface area contributed by atoms with Crippen LogP contribution in [0.1, 0.15) is 53.7 Å². The summed E-state index contributed by atoms with van der Waals surface area (Å²) in [5, 5.41) is 12.3. The maximum Gasteiger partial charge on any atom is 0.416 e. The van der Waals surface area contributed by atoms with E-state index < -0.39 is 17.7 Å². The van der Waals surface area contributed by atoms with Crippen molar-refractivity contribution in [2.45, 2.75) is 38.4 Å². The van der Waals surface area contributed by atoms with Crippen molar-refractivity contribution in [1.82, 2.24) is 9.88 Å². The molecule has 0 radical (unpaired) electrons. The smallest absolute Gasteiger partial charge is 0.416 e. The van der Waals surface area contributed by atoms with Crippen molar-refractivity contribution < 1.29 is 27.9 Å². The van der Waals surface area contributed by atoms with Gasteiger partial charge in [0.2, 0.25) is 0 Å². The second-order valence-corrected chi connectivity index (χ2v) is 9.42. The van der Waals surface area contributed by atoms with E-state index in [0.29, 0.717) is 11.1 Å². The molecule has 0 saturated carbocycles. The molecule has 0 spiro atoms. The zero-order chi connectivity index (χ0) is 27.4. The Morgan fingerprint density at radius 2 is 1.76 bits per heavy atom. The van der Waals surface area contributed by atoms with Gasteiger partial charge in [0.25, 0.3) is 5.91 Å². The van der Waals surface area contributed by atoms with Crippen LogP contribution in [-0.4, -0.2) is 28.1 Å². The first-order valence-corrected chi connectivity index (χ1v) is 12.5. The zero-order valence-electron chi connectivity index (χ0n) is 20.6. The van der Waals surface area contributed by atoms with Gasteiger partial charge in [-0.2, -0.15) is 13.2 Å².